The third-order valence-corrected chi connectivity index (χ3v) is 2.75. The number of amides is 1. The first-order chi connectivity index (χ1) is 7.88. The Hall–Kier alpha value is -1.85. The summed E-state index contributed by atoms with van der Waals surface area (Å²) < 4.78 is 1.60. The first-order valence-electron chi connectivity index (χ1n) is 5.42. The Bertz CT molecular complexity index is 451. The van der Waals surface area contributed by atoms with Gasteiger partial charge in [0.15, 0.2) is 0 Å². The third kappa shape index (κ3) is 2.64. The summed E-state index contributed by atoms with van der Waals surface area (Å²) in [5, 5.41) is 15.5. The van der Waals surface area contributed by atoms with Gasteiger partial charge in [-0.1, -0.05) is 6.92 Å². The summed E-state index contributed by atoms with van der Waals surface area (Å²) in [6.07, 6.45) is 0.347. The van der Waals surface area contributed by atoms with E-state index in [9.17, 15) is 9.59 Å². The number of rotatable bonds is 4. The molecule has 1 aromatic heterocycles. The van der Waals surface area contributed by atoms with Crippen LogP contribution < -0.4 is 5.32 Å². The molecule has 0 saturated carbocycles. The molecule has 0 fully saturated rings. The normalized spacial score (nSPS) is 12.2. The van der Waals surface area contributed by atoms with Crippen molar-refractivity contribution in [1.29, 1.82) is 0 Å². The molecule has 1 heterocycles. The van der Waals surface area contributed by atoms with Crippen LogP contribution in [0.1, 0.15) is 35.1 Å². The standard InChI is InChI=1S/C11H17N3O3/c1-5-8(11(16)17)12-10(15)9-6(2)13-14(4)7(9)3/h8H,5H2,1-4H3,(H,12,15)(H,16,17). The van der Waals surface area contributed by atoms with E-state index in [1.807, 2.05) is 0 Å². The molecule has 17 heavy (non-hydrogen) atoms. The largest absolute Gasteiger partial charge is 0.480 e. The average molecular weight is 239 g/mol. The SMILES string of the molecule is CCC(NC(=O)c1c(C)nn(C)c1C)C(=O)O. The van der Waals surface area contributed by atoms with Crippen molar-refractivity contribution in [3.8, 4) is 0 Å². The molecule has 0 saturated heterocycles. The molecule has 1 unspecified atom stereocenters. The fraction of sp³-hybridized carbons (Fsp3) is 0.545. The maximum absolute atomic E-state index is 11.9. The molecule has 1 aromatic rings. The zero-order chi connectivity index (χ0) is 13.2. The lowest BCUT2D eigenvalue weighted by atomic mass is 10.1. The smallest absolute Gasteiger partial charge is 0.326 e. The predicted molar refractivity (Wildman–Crippen MR) is 61.9 cm³/mol. The van der Waals surface area contributed by atoms with Gasteiger partial charge in [0.05, 0.1) is 11.3 Å². The van der Waals surface area contributed by atoms with Gasteiger partial charge in [0.2, 0.25) is 0 Å². The van der Waals surface area contributed by atoms with E-state index in [2.05, 4.69) is 10.4 Å². The molecular weight excluding hydrogens is 222 g/mol. The minimum Gasteiger partial charge on any atom is -0.480 e. The Labute approximate surface area is 99.6 Å². The molecule has 0 bridgehead atoms. The van der Waals surface area contributed by atoms with Crippen molar-refractivity contribution in [2.45, 2.75) is 33.2 Å². The van der Waals surface area contributed by atoms with Crippen LogP contribution in [0.4, 0.5) is 0 Å². The number of carbonyl (C=O) groups is 2. The topological polar surface area (TPSA) is 84.2 Å². The van der Waals surface area contributed by atoms with Gasteiger partial charge in [0.25, 0.3) is 5.91 Å². The fourth-order valence-electron chi connectivity index (χ4n) is 1.67. The second-order valence-electron chi connectivity index (χ2n) is 3.94. The molecule has 94 valence electrons. The number of nitrogens with zero attached hydrogens (tertiary/aromatic N) is 2. The summed E-state index contributed by atoms with van der Waals surface area (Å²) in [5.41, 5.74) is 1.77. The van der Waals surface area contributed by atoms with Gasteiger partial charge in [-0.2, -0.15) is 5.10 Å². The molecule has 1 atom stereocenters. The van der Waals surface area contributed by atoms with Crippen LogP contribution in [-0.2, 0) is 11.8 Å². The number of aryl methyl sites for hydroxylation is 2. The van der Waals surface area contributed by atoms with Gasteiger partial charge in [-0.15, -0.1) is 0 Å². The monoisotopic (exact) mass is 239 g/mol. The highest BCUT2D eigenvalue weighted by Gasteiger charge is 2.22. The highest BCUT2D eigenvalue weighted by Crippen LogP contribution is 2.12. The average Bonchev–Trinajstić information content (AvgIpc) is 2.49. The van der Waals surface area contributed by atoms with Crippen LogP contribution in [0.25, 0.3) is 0 Å². The molecule has 0 aliphatic heterocycles. The van der Waals surface area contributed by atoms with Gasteiger partial charge in [0.1, 0.15) is 6.04 Å². The summed E-state index contributed by atoms with van der Waals surface area (Å²) in [5.74, 6) is -1.41. The van der Waals surface area contributed by atoms with E-state index >= 15 is 0 Å². The van der Waals surface area contributed by atoms with Crippen molar-refractivity contribution in [3.63, 3.8) is 0 Å². The summed E-state index contributed by atoms with van der Waals surface area (Å²) in [7, 11) is 1.74. The Kier molecular flexibility index (Phi) is 3.88. The van der Waals surface area contributed by atoms with E-state index in [0.29, 0.717) is 17.7 Å². The number of carbonyl (C=O) groups excluding carboxylic acids is 1. The molecule has 0 aliphatic carbocycles. The number of aromatic nitrogens is 2. The van der Waals surface area contributed by atoms with Crippen molar-refractivity contribution in [2.75, 3.05) is 0 Å². The number of nitrogens with one attached hydrogen (secondary N) is 1. The van der Waals surface area contributed by atoms with E-state index in [4.69, 9.17) is 5.11 Å². The van der Waals surface area contributed by atoms with Crippen molar-refractivity contribution in [2.24, 2.45) is 7.05 Å². The molecule has 0 aliphatic rings. The molecule has 0 aromatic carbocycles. The summed E-state index contributed by atoms with van der Waals surface area (Å²) in [4.78, 5) is 22.8. The number of aliphatic carboxylic acids is 1. The van der Waals surface area contributed by atoms with E-state index in [0.717, 1.165) is 5.69 Å². The number of carboxylic acid groups (broad SMARTS) is 1. The van der Waals surface area contributed by atoms with E-state index < -0.39 is 12.0 Å². The van der Waals surface area contributed by atoms with Crippen LogP contribution in [0, 0.1) is 13.8 Å². The number of hydrogen-bond donors (Lipinski definition) is 2. The maximum Gasteiger partial charge on any atom is 0.326 e. The molecule has 6 heteroatoms. The highest BCUT2D eigenvalue weighted by molar-refractivity contribution is 5.98. The molecule has 0 radical (unpaired) electrons. The summed E-state index contributed by atoms with van der Waals surface area (Å²) >= 11 is 0. The zero-order valence-corrected chi connectivity index (χ0v) is 10.4. The lowest BCUT2D eigenvalue weighted by molar-refractivity contribution is -0.139. The Morgan fingerprint density at radius 1 is 1.47 bits per heavy atom. The van der Waals surface area contributed by atoms with Crippen molar-refractivity contribution in [3.05, 3.63) is 17.0 Å². The number of hydrogen-bond acceptors (Lipinski definition) is 3. The van der Waals surface area contributed by atoms with Gasteiger partial charge in [-0.05, 0) is 20.3 Å². The quantitative estimate of drug-likeness (QED) is 0.807. The van der Waals surface area contributed by atoms with Crippen LogP contribution in [0.15, 0.2) is 0 Å². The predicted octanol–water partition coefficient (Wildman–Crippen LogP) is 0.630. The third-order valence-electron chi connectivity index (χ3n) is 2.75. The number of carboxylic acids is 1. The van der Waals surface area contributed by atoms with Crippen LogP contribution >= 0.6 is 0 Å². The second-order valence-corrected chi connectivity index (χ2v) is 3.94. The van der Waals surface area contributed by atoms with Crippen molar-refractivity contribution in [1.82, 2.24) is 15.1 Å². The Morgan fingerprint density at radius 3 is 2.41 bits per heavy atom. The van der Waals surface area contributed by atoms with Crippen LogP contribution in [0.5, 0.6) is 0 Å². The van der Waals surface area contributed by atoms with Gasteiger partial charge in [-0.25, -0.2) is 4.79 Å². The van der Waals surface area contributed by atoms with Crippen LogP contribution in [-0.4, -0.2) is 32.8 Å². The molecule has 1 amide bonds. The second kappa shape index (κ2) is 4.99. The fourth-order valence-corrected chi connectivity index (χ4v) is 1.67. The van der Waals surface area contributed by atoms with Gasteiger partial charge in [-0.3, -0.25) is 9.48 Å². The minimum absolute atomic E-state index is 0.347. The van der Waals surface area contributed by atoms with E-state index in [1.165, 1.54) is 0 Å². The zero-order valence-electron chi connectivity index (χ0n) is 10.4. The van der Waals surface area contributed by atoms with E-state index in [1.54, 1.807) is 32.5 Å². The molecular formula is C11H17N3O3. The first-order valence-corrected chi connectivity index (χ1v) is 5.42. The van der Waals surface area contributed by atoms with Crippen LogP contribution in [0.2, 0.25) is 0 Å². The van der Waals surface area contributed by atoms with Crippen LogP contribution in [0.3, 0.4) is 0 Å². The minimum atomic E-state index is -1.03. The van der Waals surface area contributed by atoms with Gasteiger partial charge >= 0.3 is 5.97 Å². The summed E-state index contributed by atoms with van der Waals surface area (Å²) in [6, 6.07) is -0.860. The van der Waals surface area contributed by atoms with Crippen molar-refractivity contribution < 1.29 is 14.7 Å². The molecule has 0 spiro atoms. The molecule has 1 rings (SSSR count). The van der Waals surface area contributed by atoms with Crippen molar-refractivity contribution >= 4 is 11.9 Å². The lowest BCUT2D eigenvalue weighted by Gasteiger charge is -2.12. The Morgan fingerprint density at radius 2 is 2.06 bits per heavy atom. The maximum atomic E-state index is 11.9. The highest BCUT2D eigenvalue weighted by atomic mass is 16.4. The van der Waals surface area contributed by atoms with Gasteiger partial charge in [0, 0.05) is 12.7 Å². The lowest BCUT2D eigenvalue weighted by Crippen LogP contribution is -2.40. The van der Waals surface area contributed by atoms with E-state index in [-0.39, 0.29) is 5.91 Å². The molecule has 2 N–H and O–H groups in total. The first kappa shape index (κ1) is 13.2. The Balaban J connectivity index is 2.94. The van der Waals surface area contributed by atoms with Gasteiger partial charge < -0.3 is 10.4 Å². The summed E-state index contributed by atoms with van der Waals surface area (Å²) in [6.45, 7) is 5.21. The molecule has 6 nitrogen and oxygen atoms in total.